The molecule has 0 atom stereocenters. The second-order valence-corrected chi connectivity index (χ2v) is 5.13. The number of hydrogen-bond acceptors (Lipinski definition) is 3. The third kappa shape index (κ3) is 2.37. The van der Waals surface area contributed by atoms with Crippen molar-refractivity contribution in [3.63, 3.8) is 0 Å². The lowest BCUT2D eigenvalue weighted by Crippen LogP contribution is -2.21. The Hall–Kier alpha value is -0.900. The van der Waals surface area contributed by atoms with E-state index in [0.29, 0.717) is 11.3 Å². The summed E-state index contributed by atoms with van der Waals surface area (Å²) in [4.78, 5) is 4.34. The zero-order valence-electron chi connectivity index (χ0n) is 9.61. The van der Waals surface area contributed by atoms with Crippen LogP contribution in [0.3, 0.4) is 0 Å². The molecule has 0 saturated heterocycles. The number of aromatic nitrogens is 3. The first kappa shape index (κ1) is 10.6. The number of nitrogens with two attached hydrogens (primary N) is 1. The van der Waals surface area contributed by atoms with Gasteiger partial charge < -0.3 is 5.73 Å². The molecule has 1 aromatic rings. The SMILES string of the molecule is CC(C)Cn1ncnc1CC1(CN)CC1. The van der Waals surface area contributed by atoms with E-state index >= 15 is 0 Å². The third-order valence-corrected chi connectivity index (χ3v) is 3.16. The molecule has 1 aliphatic rings. The first-order chi connectivity index (χ1) is 7.15. The molecule has 84 valence electrons. The summed E-state index contributed by atoms with van der Waals surface area (Å²) in [6.07, 6.45) is 5.15. The van der Waals surface area contributed by atoms with Gasteiger partial charge in [-0.1, -0.05) is 13.8 Å². The lowest BCUT2D eigenvalue weighted by atomic mass is 10.0. The van der Waals surface area contributed by atoms with E-state index < -0.39 is 0 Å². The number of rotatable bonds is 5. The highest BCUT2D eigenvalue weighted by molar-refractivity contribution is 5.02. The standard InChI is InChI=1S/C11H20N4/c1-9(2)6-15-10(13-8-14-15)5-11(7-12)3-4-11/h8-9H,3-7,12H2,1-2H3. The largest absolute Gasteiger partial charge is 0.330 e. The molecule has 2 N–H and O–H groups in total. The minimum atomic E-state index is 0.349. The molecule has 1 saturated carbocycles. The molecule has 0 radical (unpaired) electrons. The fourth-order valence-electron chi connectivity index (χ4n) is 1.89. The van der Waals surface area contributed by atoms with Crippen LogP contribution in [-0.2, 0) is 13.0 Å². The van der Waals surface area contributed by atoms with Gasteiger partial charge in [0.2, 0.25) is 0 Å². The van der Waals surface area contributed by atoms with Crippen molar-refractivity contribution in [2.45, 2.75) is 39.7 Å². The van der Waals surface area contributed by atoms with Crippen LogP contribution >= 0.6 is 0 Å². The molecule has 0 amide bonds. The van der Waals surface area contributed by atoms with Crippen LogP contribution < -0.4 is 5.73 Å². The molecule has 4 heteroatoms. The Kier molecular flexibility index (Phi) is 2.78. The van der Waals surface area contributed by atoms with Gasteiger partial charge in [-0.25, -0.2) is 9.67 Å². The first-order valence-electron chi connectivity index (χ1n) is 5.72. The van der Waals surface area contributed by atoms with Gasteiger partial charge in [0.05, 0.1) is 0 Å². The molecule has 1 heterocycles. The molecular weight excluding hydrogens is 188 g/mol. The second kappa shape index (κ2) is 3.93. The molecule has 0 spiro atoms. The van der Waals surface area contributed by atoms with Crippen molar-refractivity contribution in [2.75, 3.05) is 6.54 Å². The van der Waals surface area contributed by atoms with Crippen LogP contribution in [0.1, 0.15) is 32.5 Å². The van der Waals surface area contributed by atoms with E-state index in [-0.39, 0.29) is 0 Å². The van der Waals surface area contributed by atoms with Gasteiger partial charge in [-0.2, -0.15) is 5.10 Å². The molecule has 0 bridgehead atoms. The minimum absolute atomic E-state index is 0.349. The van der Waals surface area contributed by atoms with Crippen molar-refractivity contribution < 1.29 is 0 Å². The van der Waals surface area contributed by atoms with Crippen LogP contribution in [-0.4, -0.2) is 21.3 Å². The fourth-order valence-corrected chi connectivity index (χ4v) is 1.89. The predicted octanol–water partition coefficient (Wildman–Crippen LogP) is 1.22. The monoisotopic (exact) mass is 208 g/mol. The summed E-state index contributed by atoms with van der Waals surface area (Å²) in [6.45, 7) is 6.13. The average molecular weight is 208 g/mol. The molecule has 1 aliphatic carbocycles. The molecule has 15 heavy (non-hydrogen) atoms. The van der Waals surface area contributed by atoms with Gasteiger partial charge in [-0.3, -0.25) is 0 Å². The molecule has 2 rings (SSSR count). The van der Waals surface area contributed by atoms with Crippen molar-refractivity contribution in [1.29, 1.82) is 0 Å². The molecule has 0 unspecified atom stereocenters. The van der Waals surface area contributed by atoms with E-state index in [0.717, 1.165) is 25.3 Å². The highest BCUT2D eigenvalue weighted by Gasteiger charge is 2.42. The summed E-state index contributed by atoms with van der Waals surface area (Å²) in [6, 6.07) is 0. The van der Waals surface area contributed by atoms with E-state index in [1.807, 2.05) is 4.68 Å². The summed E-state index contributed by atoms with van der Waals surface area (Å²) in [5.74, 6) is 1.71. The number of nitrogens with zero attached hydrogens (tertiary/aromatic N) is 3. The van der Waals surface area contributed by atoms with Crippen LogP contribution in [0.4, 0.5) is 0 Å². The van der Waals surface area contributed by atoms with Crippen molar-refractivity contribution in [2.24, 2.45) is 17.1 Å². The zero-order valence-corrected chi connectivity index (χ0v) is 9.61. The van der Waals surface area contributed by atoms with Crippen molar-refractivity contribution >= 4 is 0 Å². The lowest BCUT2D eigenvalue weighted by molar-refractivity contribution is 0.432. The van der Waals surface area contributed by atoms with E-state index in [4.69, 9.17) is 5.73 Å². The van der Waals surface area contributed by atoms with E-state index in [9.17, 15) is 0 Å². The van der Waals surface area contributed by atoms with Gasteiger partial charge in [-0.05, 0) is 30.7 Å². The number of hydrogen-bond donors (Lipinski definition) is 1. The Balaban J connectivity index is 2.05. The Morgan fingerprint density at radius 2 is 2.27 bits per heavy atom. The second-order valence-electron chi connectivity index (χ2n) is 5.13. The van der Waals surface area contributed by atoms with Crippen LogP contribution in [0.15, 0.2) is 6.33 Å². The normalized spacial score (nSPS) is 18.4. The average Bonchev–Trinajstić information content (AvgIpc) is 2.84. The molecule has 1 aromatic heterocycles. The van der Waals surface area contributed by atoms with Crippen LogP contribution in [0, 0.1) is 11.3 Å². The van der Waals surface area contributed by atoms with E-state index in [1.165, 1.54) is 12.8 Å². The van der Waals surface area contributed by atoms with E-state index in [2.05, 4.69) is 23.9 Å². The van der Waals surface area contributed by atoms with Crippen LogP contribution in [0.25, 0.3) is 0 Å². The summed E-state index contributed by atoms with van der Waals surface area (Å²) < 4.78 is 2.03. The van der Waals surface area contributed by atoms with Crippen molar-refractivity contribution in [1.82, 2.24) is 14.8 Å². The lowest BCUT2D eigenvalue weighted by Gasteiger charge is -2.13. The molecular formula is C11H20N4. The highest BCUT2D eigenvalue weighted by atomic mass is 15.3. The molecule has 0 aromatic carbocycles. The summed E-state index contributed by atoms with van der Waals surface area (Å²) in [5, 5.41) is 4.27. The van der Waals surface area contributed by atoms with Gasteiger partial charge in [0.15, 0.2) is 0 Å². The van der Waals surface area contributed by atoms with Crippen molar-refractivity contribution in [3.05, 3.63) is 12.2 Å². The minimum Gasteiger partial charge on any atom is -0.330 e. The Labute approximate surface area is 90.9 Å². The van der Waals surface area contributed by atoms with Crippen LogP contribution in [0.2, 0.25) is 0 Å². The van der Waals surface area contributed by atoms with Gasteiger partial charge >= 0.3 is 0 Å². The maximum absolute atomic E-state index is 5.78. The maximum atomic E-state index is 5.78. The van der Waals surface area contributed by atoms with Gasteiger partial charge in [0, 0.05) is 13.0 Å². The Morgan fingerprint density at radius 1 is 1.53 bits per heavy atom. The van der Waals surface area contributed by atoms with Gasteiger partial charge in [0.25, 0.3) is 0 Å². The Bertz CT molecular complexity index is 325. The third-order valence-electron chi connectivity index (χ3n) is 3.16. The first-order valence-corrected chi connectivity index (χ1v) is 5.72. The fraction of sp³-hybridized carbons (Fsp3) is 0.818. The van der Waals surface area contributed by atoms with Crippen LogP contribution in [0.5, 0.6) is 0 Å². The maximum Gasteiger partial charge on any atom is 0.138 e. The van der Waals surface area contributed by atoms with Gasteiger partial charge in [0.1, 0.15) is 12.2 Å². The Morgan fingerprint density at radius 3 is 2.80 bits per heavy atom. The summed E-state index contributed by atoms with van der Waals surface area (Å²) in [5.41, 5.74) is 6.13. The highest BCUT2D eigenvalue weighted by Crippen LogP contribution is 2.46. The molecule has 4 nitrogen and oxygen atoms in total. The molecule has 0 aliphatic heterocycles. The summed E-state index contributed by atoms with van der Waals surface area (Å²) >= 11 is 0. The van der Waals surface area contributed by atoms with Crippen molar-refractivity contribution in [3.8, 4) is 0 Å². The quantitative estimate of drug-likeness (QED) is 0.791. The smallest absolute Gasteiger partial charge is 0.138 e. The van der Waals surface area contributed by atoms with Gasteiger partial charge in [-0.15, -0.1) is 0 Å². The topological polar surface area (TPSA) is 56.7 Å². The zero-order chi connectivity index (χ0) is 10.9. The summed E-state index contributed by atoms with van der Waals surface area (Å²) in [7, 11) is 0. The predicted molar refractivity (Wildman–Crippen MR) is 59.3 cm³/mol. The molecule has 1 fully saturated rings. The van der Waals surface area contributed by atoms with E-state index in [1.54, 1.807) is 6.33 Å².